The quantitative estimate of drug-likeness (QED) is 0.645. The number of tetrazole rings is 1. The van der Waals surface area contributed by atoms with Gasteiger partial charge in [0.05, 0.1) is 4.88 Å². The lowest BCUT2D eigenvalue weighted by molar-refractivity contribution is -0.118. The van der Waals surface area contributed by atoms with Crippen molar-refractivity contribution in [3.05, 3.63) is 51.7 Å². The highest BCUT2D eigenvalue weighted by molar-refractivity contribution is 7.14. The summed E-state index contributed by atoms with van der Waals surface area (Å²) in [6.07, 6.45) is 0.705. The van der Waals surface area contributed by atoms with E-state index in [1.165, 1.54) is 23.1 Å². The lowest BCUT2D eigenvalue weighted by Crippen LogP contribution is -2.22. The number of carbonyl (C=O) groups excluding carboxylic acids is 2. The fourth-order valence-electron chi connectivity index (χ4n) is 2.36. The van der Waals surface area contributed by atoms with Crippen LogP contribution < -0.4 is 5.32 Å². The molecule has 3 rings (SSSR count). The van der Waals surface area contributed by atoms with Gasteiger partial charge in [-0.25, -0.2) is 0 Å². The maximum atomic E-state index is 12.4. The highest BCUT2D eigenvalue weighted by atomic mass is 32.1. The second kappa shape index (κ2) is 8.01. The van der Waals surface area contributed by atoms with Gasteiger partial charge in [0.15, 0.2) is 5.78 Å². The van der Waals surface area contributed by atoms with E-state index >= 15 is 0 Å². The number of Topliss-reactive ketones (excluding diaryl/α,β-unsaturated/α-hetero) is 1. The predicted octanol–water partition coefficient (Wildman–Crippen LogP) is 2.27. The summed E-state index contributed by atoms with van der Waals surface area (Å²) in [6.45, 7) is 4.11. The van der Waals surface area contributed by atoms with E-state index in [1.807, 2.05) is 37.3 Å². The number of thiophene rings is 1. The molecule has 0 unspecified atom stereocenters. The first-order valence-electron chi connectivity index (χ1n) is 8.22. The smallest absolute Gasteiger partial charge is 0.216 e. The fraction of sp³-hybridized carbons (Fsp3) is 0.278. The minimum absolute atomic E-state index is 0.0461. The molecule has 0 saturated carbocycles. The van der Waals surface area contributed by atoms with Gasteiger partial charge in [-0.2, -0.15) is 4.80 Å². The van der Waals surface area contributed by atoms with Crippen LogP contribution in [0.25, 0.3) is 11.4 Å². The molecule has 8 heteroatoms. The third kappa shape index (κ3) is 4.60. The second-order valence-corrected chi connectivity index (χ2v) is 7.10. The molecule has 3 aromatic rings. The Morgan fingerprint density at radius 2 is 1.92 bits per heavy atom. The number of nitrogens with one attached hydrogen (secondary N) is 1. The highest BCUT2D eigenvalue weighted by Crippen LogP contribution is 2.18. The van der Waals surface area contributed by atoms with Crippen LogP contribution in [0, 0.1) is 6.92 Å². The maximum absolute atomic E-state index is 12.4. The van der Waals surface area contributed by atoms with Crippen LogP contribution in [0.3, 0.4) is 0 Å². The number of hydrogen-bond donors (Lipinski definition) is 1. The number of carbonyl (C=O) groups is 2. The van der Waals surface area contributed by atoms with E-state index in [0.29, 0.717) is 23.7 Å². The maximum Gasteiger partial charge on any atom is 0.216 e. The molecule has 134 valence electrons. The zero-order chi connectivity index (χ0) is 18.5. The minimum Gasteiger partial charge on any atom is -0.356 e. The molecule has 0 bridgehead atoms. The monoisotopic (exact) mass is 369 g/mol. The third-order valence-electron chi connectivity index (χ3n) is 3.73. The van der Waals surface area contributed by atoms with E-state index < -0.39 is 0 Å². The molecule has 0 aliphatic heterocycles. The van der Waals surface area contributed by atoms with Crippen molar-refractivity contribution in [3.63, 3.8) is 0 Å². The van der Waals surface area contributed by atoms with Crippen molar-refractivity contribution in [2.45, 2.75) is 26.8 Å². The van der Waals surface area contributed by atoms with Gasteiger partial charge in [0.2, 0.25) is 11.7 Å². The molecule has 0 spiro atoms. The summed E-state index contributed by atoms with van der Waals surface area (Å²) >= 11 is 1.43. The highest BCUT2D eigenvalue weighted by Gasteiger charge is 2.13. The van der Waals surface area contributed by atoms with Crippen molar-refractivity contribution in [3.8, 4) is 11.4 Å². The number of amides is 1. The molecule has 1 aromatic carbocycles. The van der Waals surface area contributed by atoms with Crippen molar-refractivity contribution >= 4 is 23.0 Å². The Morgan fingerprint density at radius 1 is 1.15 bits per heavy atom. The normalized spacial score (nSPS) is 10.7. The molecule has 2 heterocycles. The van der Waals surface area contributed by atoms with Gasteiger partial charge in [-0.3, -0.25) is 9.59 Å². The number of nitrogens with zero attached hydrogens (tertiary/aromatic N) is 4. The molecule has 0 radical (unpaired) electrons. The fourth-order valence-corrected chi connectivity index (χ4v) is 3.30. The molecule has 1 amide bonds. The second-order valence-electron chi connectivity index (χ2n) is 5.93. The first-order valence-corrected chi connectivity index (χ1v) is 9.04. The van der Waals surface area contributed by atoms with Gasteiger partial charge < -0.3 is 5.32 Å². The lowest BCUT2D eigenvalue weighted by Gasteiger charge is -1.99. The summed E-state index contributed by atoms with van der Waals surface area (Å²) in [5.74, 6) is 0.383. The Labute approximate surface area is 155 Å². The SMILES string of the molecule is CC(=O)NCCc1ccc(C(=O)Cn2nnc(-c3ccc(C)cc3)n2)s1. The van der Waals surface area contributed by atoms with Crippen LogP contribution in [-0.4, -0.2) is 38.4 Å². The van der Waals surface area contributed by atoms with E-state index in [2.05, 4.69) is 20.7 Å². The van der Waals surface area contributed by atoms with E-state index in [9.17, 15) is 9.59 Å². The van der Waals surface area contributed by atoms with Gasteiger partial charge in [-0.1, -0.05) is 29.8 Å². The summed E-state index contributed by atoms with van der Waals surface area (Å²) in [6, 6.07) is 11.5. The van der Waals surface area contributed by atoms with Gasteiger partial charge in [0.1, 0.15) is 6.54 Å². The number of ketones is 1. The van der Waals surface area contributed by atoms with Crippen LogP contribution in [0.5, 0.6) is 0 Å². The zero-order valence-electron chi connectivity index (χ0n) is 14.6. The van der Waals surface area contributed by atoms with Crippen LogP contribution in [0.2, 0.25) is 0 Å². The standard InChI is InChI=1S/C18H19N5O2S/c1-12-3-5-14(6-4-12)18-20-22-23(21-18)11-16(25)17-8-7-15(26-17)9-10-19-13(2)24/h3-8H,9-11H2,1-2H3,(H,19,24). The van der Waals surface area contributed by atoms with Gasteiger partial charge in [-0.05, 0) is 30.7 Å². The largest absolute Gasteiger partial charge is 0.356 e. The van der Waals surface area contributed by atoms with Crippen LogP contribution in [0.4, 0.5) is 0 Å². The van der Waals surface area contributed by atoms with Gasteiger partial charge >= 0.3 is 0 Å². The van der Waals surface area contributed by atoms with E-state index in [4.69, 9.17) is 0 Å². The van der Waals surface area contributed by atoms with Crippen molar-refractivity contribution in [2.24, 2.45) is 0 Å². The lowest BCUT2D eigenvalue weighted by atomic mass is 10.1. The minimum atomic E-state index is -0.0615. The van der Waals surface area contributed by atoms with Crippen molar-refractivity contribution in [1.82, 2.24) is 25.5 Å². The number of rotatable bonds is 7. The molecule has 0 saturated heterocycles. The molecule has 0 aliphatic carbocycles. The van der Waals surface area contributed by atoms with Gasteiger partial charge in [0, 0.05) is 23.9 Å². The summed E-state index contributed by atoms with van der Waals surface area (Å²) < 4.78 is 0. The predicted molar refractivity (Wildman–Crippen MR) is 99.0 cm³/mol. The summed E-state index contributed by atoms with van der Waals surface area (Å²) in [4.78, 5) is 26.3. The Bertz CT molecular complexity index is 914. The van der Waals surface area contributed by atoms with E-state index in [-0.39, 0.29) is 18.2 Å². The number of aryl methyl sites for hydroxylation is 1. The summed E-state index contributed by atoms with van der Waals surface area (Å²) in [5, 5.41) is 15.0. The molecule has 2 aromatic heterocycles. The van der Waals surface area contributed by atoms with Crippen LogP contribution in [0.15, 0.2) is 36.4 Å². The van der Waals surface area contributed by atoms with Gasteiger partial charge in [-0.15, -0.1) is 21.5 Å². The molecule has 7 nitrogen and oxygen atoms in total. The van der Waals surface area contributed by atoms with Crippen LogP contribution in [0.1, 0.15) is 27.0 Å². The molecule has 1 N–H and O–H groups in total. The molecule has 0 fully saturated rings. The number of benzene rings is 1. The molecule has 0 atom stereocenters. The first kappa shape index (κ1) is 17.9. The zero-order valence-corrected chi connectivity index (χ0v) is 15.4. The van der Waals surface area contributed by atoms with E-state index in [1.54, 1.807) is 6.07 Å². The first-order chi connectivity index (χ1) is 12.5. The Hall–Kier alpha value is -2.87. The third-order valence-corrected chi connectivity index (χ3v) is 4.92. The average molecular weight is 369 g/mol. The van der Waals surface area contributed by atoms with Crippen LogP contribution >= 0.6 is 11.3 Å². The van der Waals surface area contributed by atoms with Gasteiger partial charge in [0.25, 0.3) is 0 Å². The number of hydrogen-bond acceptors (Lipinski definition) is 6. The molecule has 26 heavy (non-hydrogen) atoms. The van der Waals surface area contributed by atoms with Crippen molar-refractivity contribution in [2.75, 3.05) is 6.54 Å². The average Bonchev–Trinajstić information content (AvgIpc) is 3.25. The molecular weight excluding hydrogens is 350 g/mol. The summed E-state index contributed by atoms with van der Waals surface area (Å²) in [7, 11) is 0. The van der Waals surface area contributed by atoms with Crippen molar-refractivity contribution < 1.29 is 9.59 Å². The van der Waals surface area contributed by atoms with Crippen LogP contribution in [-0.2, 0) is 17.8 Å². The van der Waals surface area contributed by atoms with E-state index in [0.717, 1.165) is 16.0 Å². The Morgan fingerprint density at radius 3 is 2.65 bits per heavy atom. The Balaban J connectivity index is 1.61. The molecule has 0 aliphatic rings. The molecular formula is C18H19N5O2S. The Kier molecular flexibility index (Phi) is 5.52. The summed E-state index contributed by atoms with van der Waals surface area (Å²) in [5.41, 5.74) is 2.02. The number of aromatic nitrogens is 4. The van der Waals surface area contributed by atoms with Crippen molar-refractivity contribution in [1.29, 1.82) is 0 Å². The topological polar surface area (TPSA) is 89.8 Å².